The van der Waals surface area contributed by atoms with Gasteiger partial charge in [0.15, 0.2) is 0 Å². The molecule has 1 aromatic carbocycles. The highest BCUT2D eigenvalue weighted by Crippen LogP contribution is 2.48. The van der Waals surface area contributed by atoms with Gasteiger partial charge in [-0.05, 0) is 49.1 Å². The third-order valence-corrected chi connectivity index (χ3v) is 5.78. The van der Waals surface area contributed by atoms with E-state index in [1.165, 1.54) is 31.7 Å². The lowest BCUT2D eigenvalue weighted by Gasteiger charge is -2.23. The van der Waals surface area contributed by atoms with Gasteiger partial charge < -0.3 is 11.1 Å². The van der Waals surface area contributed by atoms with Crippen molar-refractivity contribution in [3.63, 3.8) is 0 Å². The van der Waals surface area contributed by atoms with Crippen LogP contribution in [0.15, 0.2) is 23.1 Å². The molecule has 5 N–H and O–H groups in total. The number of hydrogen-bond acceptors (Lipinski definition) is 4. The van der Waals surface area contributed by atoms with Crippen LogP contribution in [0.4, 0.5) is 11.4 Å². The molecule has 2 saturated carbocycles. The second-order valence-electron chi connectivity index (χ2n) is 6.08. The highest BCUT2D eigenvalue weighted by Gasteiger charge is 2.39. The number of hydrogen-bond donors (Lipinski definition) is 3. The van der Waals surface area contributed by atoms with Crippen LogP contribution in [0.2, 0.25) is 0 Å². The number of fused-ring (bicyclic) bond motifs is 2. The second-order valence-corrected chi connectivity index (χ2v) is 7.61. The van der Waals surface area contributed by atoms with E-state index < -0.39 is 10.0 Å². The number of primary sulfonamides is 1. The smallest absolute Gasteiger partial charge is 0.240 e. The Morgan fingerprint density at radius 3 is 2.65 bits per heavy atom. The minimum Gasteiger partial charge on any atom is -0.396 e. The van der Waals surface area contributed by atoms with Crippen molar-refractivity contribution in [3.8, 4) is 0 Å². The number of nitrogens with two attached hydrogens (primary N) is 2. The van der Waals surface area contributed by atoms with Crippen molar-refractivity contribution in [1.29, 1.82) is 0 Å². The number of rotatable bonds is 4. The third-order valence-electron chi connectivity index (χ3n) is 4.81. The van der Waals surface area contributed by atoms with Crippen molar-refractivity contribution >= 4 is 21.4 Å². The molecule has 2 aliphatic rings. The van der Waals surface area contributed by atoms with Gasteiger partial charge in [0.1, 0.15) is 4.90 Å². The number of benzene rings is 1. The van der Waals surface area contributed by atoms with Gasteiger partial charge in [0.2, 0.25) is 10.0 Å². The summed E-state index contributed by atoms with van der Waals surface area (Å²) in [5.74, 6) is 2.42. The van der Waals surface area contributed by atoms with E-state index in [0.29, 0.717) is 11.6 Å². The Hall–Kier alpha value is -1.27. The highest BCUT2D eigenvalue weighted by atomic mass is 32.2. The Morgan fingerprint density at radius 2 is 2.05 bits per heavy atom. The van der Waals surface area contributed by atoms with E-state index >= 15 is 0 Å². The summed E-state index contributed by atoms with van der Waals surface area (Å²) in [7, 11) is -3.77. The lowest BCUT2D eigenvalue weighted by molar-refractivity contribution is 0.348. The van der Waals surface area contributed by atoms with E-state index in [-0.39, 0.29) is 10.6 Å². The SMILES string of the molecule is Nc1c(NCC2CC3CCC2C3)cccc1S(N)(=O)=O. The van der Waals surface area contributed by atoms with Gasteiger partial charge in [0.25, 0.3) is 0 Å². The molecule has 3 unspecified atom stereocenters. The summed E-state index contributed by atoms with van der Waals surface area (Å²) in [6.45, 7) is 0.861. The quantitative estimate of drug-likeness (QED) is 0.737. The summed E-state index contributed by atoms with van der Waals surface area (Å²) in [6.07, 6.45) is 5.36. The van der Waals surface area contributed by atoms with Crippen LogP contribution in [-0.2, 0) is 10.0 Å². The van der Waals surface area contributed by atoms with Crippen molar-refractivity contribution in [2.45, 2.75) is 30.6 Å². The van der Waals surface area contributed by atoms with Crippen LogP contribution in [0, 0.1) is 17.8 Å². The Balaban J connectivity index is 1.72. The predicted octanol–water partition coefficient (Wildman–Crippen LogP) is 1.76. The molecule has 20 heavy (non-hydrogen) atoms. The number of sulfonamides is 1. The molecule has 0 aromatic heterocycles. The average molecular weight is 295 g/mol. The maximum absolute atomic E-state index is 11.4. The summed E-state index contributed by atoms with van der Waals surface area (Å²) in [5.41, 5.74) is 6.80. The lowest BCUT2D eigenvalue weighted by atomic mass is 9.89. The van der Waals surface area contributed by atoms with E-state index in [0.717, 1.165) is 18.4 Å². The average Bonchev–Trinajstić information content (AvgIpc) is 2.98. The molecule has 5 nitrogen and oxygen atoms in total. The van der Waals surface area contributed by atoms with Crippen LogP contribution in [0.25, 0.3) is 0 Å². The standard InChI is InChI=1S/C14H21N3O2S/c15-14-12(2-1-3-13(14)20(16,18)19)17-8-11-7-9-4-5-10(11)6-9/h1-3,9-11,17H,4-8,15H2,(H2,16,18,19). The first-order valence-electron chi connectivity index (χ1n) is 7.10. The number of nitrogens with one attached hydrogen (secondary N) is 1. The van der Waals surface area contributed by atoms with Crippen molar-refractivity contribution in [2.24, 2.45) is 22.9 Å². The summed E-state index contributed by atoms with van der Waals surface area (Å²) >= 11 is 0. The summed E-state index contributed by atoms with van der Waals surface area (Å²) in [6, 6.07) is 4.91. The van der Waals surface area contributed by atoms with E-state index in [4.69, 9.17) is 10.9 Å². The maximum atomic E-state index is 11.4. The molecule has 0 aliphatic heterocycles. The molecule has 3 rings (SSSR count). The van der Waals surface area contributed by atoms with E-state index in [2.05, 4.69) is 5.32 Å². The van der Waals surface area contributed by atoms with E-state index in [1.54, 1.807) is 12.1 Å². The first-order chi connectivity index (χ1) is 9.45. The van der Waals surface area contributed by atoms with Crippen LogP contribution in [0.1, 0.15) is 25.7 Å². The molecule has 0 spiro atoms. The molecule has 0 saturated heterocycles. The molecule has 6 heteroatoms. The molecule has 2 fully saturated rings. The molecular formula is C14H21N3O2S. The third kappa shape index (κ3) is 2.50. The second kappa shape index (κ2) is 4.93. The van der Waals surface area contributed by atoms with Gasteiger partial charge >= 0.3 is 0 Å². The minimum absolute atomic E-state index is 0.00422. The number of para-hydroxylation sites is 1. The van der Waals surface area contributed by atoms with Gasteiger partial charge in [-0.15, -0.1) is 0 Å². The minimum atomic E-state index is -3.77. The molecule has 110 valence electrons. The van der Waals surface area contributed by atoms with Crippen molar-refractivity contribution < 1.29 is 8.42 Å². The van der Waals surface area contributed by atoms with Crippen molar-refractivity contribution in [3.05, 3.63) is 18.2 Å². The molecule has 2 bridgehead atoms. The zero-order valence-electron chi connectivity index (χ0n) is 11.4. The molecule has 2 aliphatic carbocycles. The topological polar surface area (TPSA) is 98.2 Å². The van der Waals surface area contributed by atoms with Crippen molar-refractivity contribution in [1.82, 2.24) is 0 Å². The Labute approximate surface area is 119 Å². The molecule has 0 radical (unpaired) electrons. The van der Waals surface area contributed by atoms with Gasteiger partial charge in [0.05, 0.1) is 11.4 Å². The summed E-state index contributed by atoms with van der Waals surface area (Å²) < 4.78 is 22.9. The molecule has 0 amide bonds. The Kier molecular flexibility index (Phi) is 3.38. The summed E-state index contributed by atoms with van der Waals surface area (Å²) in [4.78, 5) is -0.00422. The monoisotopic (exact) mass is 295 g/mol. The molecular weight excluding hydrogens is 274 g/mol. The fourth-order valence-electron chi connectivity index (χ4n) is 3.81. The Morgan fingerprint density at radius 1 is 1.25 bits per heavy atom. The number of nitrogen functional groups attached to an aromatic ring is 1. The van der Waals surface area contributed by atoms with Crippen molar-refractivity contribution in [2.75, 3.05) is 17.6 Å². The van der Waals surface area contributed by atoms with E-state index in [1.807, 2.05) is 0 Å². The van der Waals surface area contributed by atoms with Crippen LogP contribution in [0.5, 0.6) is 0 Å². The first kappa shape index (κ1) is 13.7. The van der Waals surface area contributed by atoms with Crippen LogP contribution in [-0.4, -0.2) is 15.0 Å². The van der Waals surface area contributed by atoms with Gasteiger partial charge in [-0.1, -0.05) is 12.5 Å². The van der Waals surface area contributed by atoms with Gasteiger partial charge in [-0.25, -0.2) is 13.6 Å². The van der Waals surface area contributed by atoms with Gasteiger partial charge in [-0.3, -0.25) is 0 Å². The normalized spacial score (nSPS) is 28.8. The van der Waals surface area contributed by atoms with Gasteiger partial charge in [-0.2, -0.15) is 0 Å². The van der Waals surface area contributed by atoms with E-state index in [9.17, 15) is 8.42 Å². The van der Waals surface area contributed by atoms with Crippen LogP contribution < -0.4 is 16.2 Å². The fraction of sp³-hybridized carbons (Fsp3) is 0.571. The zero-order chi connectivity index (χ0) is 14.3. The first-order valence-corrected chi connectivity index (χ1v) is 8.65. The Bertz CT molecular complexity index is 615. The van der Waals surface area contributed by atoms with Crippen LogP contribution >= 0.6 is 0 Å². The summed E-state index contributed by atoms with van der Waals surface area (Å²) in [5, 5.41) is 8.47. The fourth-order valence-corrected chi connectivity index (χ4v) is 4.50. The maximum Gasteiger partial charge on any atom is 0.240 e. The molecule has 3 atom stereocenters. The van der Waals surface area contributed by atoms with Gasteiger partial charge in [0, 0.05) is 6.54 Å². The molecule has 0 heterocycles. The predicted molar refractivity (Wildman–Crippen MR) is 79.7 cm³/mol. The van der Waals surface area contributed by atoms with Crippen LogP contribution in [0.3, 0.4) is 0 Å². The number of anilines is 2. The highest BCUT2D eigenvalue weighted by molar-refractivity contribution is 7.89. The zero-order valence-corrected chi connectivity index (χ0v) is 12.2. The lowest BCUT2D eigenvalue weighted by Crippen LogP contribution is -2.21. The molecule has 1 aromatic rings. The largest absolute Gasteiger partial charge is 0.396 e.